The minimum Gasteiger partial charge on any atom is -0.397 e. The fourth-order valence-corrected chi connectivity index (χ4v) is 1.36. The van der Waals surface area contributed by atoms with Gasteiger partial charge in [0, 0.05) is 6.20 Å². The highest BCUT2D eigenvalue weighted by molar-refractivity contribution is 14.1. The molecule has 66 valence electrons. The molecule has 0 saturated carbocycles. The van der Waals surface area contributed by atoms with Crippen LogP contribution in [0, 0.1) is 3.70 Å². The van der Waals surface area contributed by atoms with E-state index < -0.39 is 0 Å². The lowest BCUT2D eigenvalue weighted by Gasteiger charge is -1.99. The van der Waals surface area contributed by atoms with Crippen LogP contribution in [0.15, 0.2) is 30.6 Å². The van der Waals surface area contributed by atoms with Gasteiger partial charge in [0.25, 0.3) is 0 Å². The minimum absolute atomic E-state index is 0.658. The van der Waals surface area contributed by atoms with Gasteiger partial charge in [-0.3, -0.25) is 0 Å². The number of nitrogens with two attached hydrogens (primary N) is 1. The topological polar surface area (TPSA) is 56.7 Å². The van der Waals surface area contributed by atoms with Crippen molar-refractivity contribution in [2.45, 2.75) is 0 Å². The van der Waals surface area contributed by atoms with Crippen LogP contribution in [-0.4, -0.2) is 14.8 Å². The molecule has 0 aliphatic carbocycles. The van der Waals surface area contributed by atoms with Crippen LogP contribution in [0.2, 0.25) is 0 Å². The molecule has 0 unspecified atom stereocenters. The number of nitrogen functional groups attached to an aromatic ring is 1. The summed E-state index contributed by atoms with van der Waals surface area (Å²) in [7, 11) is 0. The van der Waals surface area contributed by atoms with E-state index in [0.717, 1.165) is 9.52 Å². The number of hydrogen-bond donors (Lipinski definition) is 1. The van der Waals surface area contributed by atoms with Gasteiger partial charge in [0.1, 0.15) is 3.70 Å². The lowest BCUT2D eigenvalue weighted by atomic mass is 10.4. The molecule has 2 N–H and O–H groups in total. The number of hydrogen-bond acceptors (Lipinski definition) is 3. The molecule has 13 heavy (non-hydrogen) atoms. The summed E-state index contributed by atoms with van der Waals surface area (Å²) in [4.78, 5) is 4.13. The first-order valence-electron chi connectivity index (χ1n) is 3.69. The Balaban J connectivity index is 2.41. The van der Waals surface area contributed by atoms with E-state index in [0.29, 0.717) is 5.69 Å². The van der Waals surface area contributed by atoms with E-state index in [9.17, 15) is 0 Å². The molecule has 0 saturated heterocycles. The van der Waals surface area contributed by atoms with Crippen LogP contribution in [0.3, 0.4) is 0 Å². The van der Waals surface area contributed by atoms with E-state index in [2.05, 4.69) is 32.7 Å². The first kappa shape index (κ1) is 8.49. The fourth-order valence-electron chi connectivity index (χ4n) is 0.962. The molecule has 0 bridgehead atoms. The van der Waals surface area contributed by atoms with Crippen LogP contribution in [0.25, 0.3) is 5.82 Å². The zero-order chi connectivity index (χ0) is 9.26. The summed E-state index contributed by atoms with van der Waals surface area (Å²) in [6, 6.07) is 5.55. The van der Waals surface area contributed by atoms with Crippen molar-refractivity contribution in [3.63, 3.8) is 0 Å². The van der Waals surface area contributed by atoms with Crippen molar-refractivity contribution in [3.8, 4) is 5.82 Å². The van der Waals surface area contributed by atoms with Crippen LogP contribution in [0.4, 0.5) is 5.69 Å². The second-order valence-corrected chi connectivity index (χ2v) is 3.64. The fraction of sp³-hybridized carbons (Fsp3) is 0. The summed E-state index contributed by atoms with van der Waals surface area (Å²) in [5.41, 5.74) is 6.17. The highest BCUT2D eigenvalue weighted by atomic mass is 127. The molecule has 0 fully saturated rings. The Morgan fingerprint density at radius 1 is 1.31 bits per heavy atom. The third kappa shape index (κ3) is 1.80. The average molecular weight is 286 g/mol. The monoisotopic (exact) mass is 286 g/mol. The normalized spacial score (nSPS) is 10.2. The van der Waals surface area contributed by atoms with Crippen LogP contribution in [0.1, 0.15) is 0 Å². The largest absolute Gasteiger partial charge is 0.397 e. The number of pyridine rings is 1. The molecular weight excluding hydrogens is 279 g/mol. The van der Waals surface area contributed by atoms with Crippen LogP contribution >= 0.6 is 22.6 Å². The van der Waals surface area contributed by atoms with Gasteiger partial charge in [0.05, 0.1) is 11.9 Å². The van der Waals surface area contributed by atoms with Crippen LogP contribution in [0.5, 0.6) is 0 Å². The van der Waals surface area contributed by atoms with Gasteiger partial charge < -0.3 is 5.73 Å². The van der Waals surface area contributed by atoms with E-state index >= 15 is 0 Å². The van der Waals surface area contributed by atoms with Crippen molar-refractivity contribution in [1.82, 2.24) is 14.8 Å². The first-order valence-corrected chi connectivity index (χ1v) is 4.76. The molecule has 0 aliphatic rings. The zero-order valence-electron chi connectivity index (χ0n) is 6.68. The second kappa shape index (κ2) is 3.33. The summed E-state index contributed by atoms with van der Waals surface area (Å²) >= 11 is 2.15. The minimum atomic E-state index is 0.658. The molecule has 0 aliphatic heterocycles. The Morgan fingerprint density at radius 3 is 2.69 bits per heavy atom. The lowest BCUT2D eigenvalue weighted by molar-refractivity contribution is 0.838. The van der Waals surface area contributed by atoms with Crippen molar-refractivity contribution in [2.75, 3.05) is 5.73 Å². The summed E-state index contributed by atoms with van der Waals surface area (Å²) < 4.78 is 2.65. The number of aromatic nitrogens is 3. The Kier molecular flexibility index (Phi) is 2.17. The molecule has 0 radical (unpaired) electrons. The molecular formula is C8H7IN4. The quantitative estimate of drug-likeness (QED) is 0.807. The third-order valence-electron chi connectivity index (χ3n) is 1.56. The van der Waals surface area contributed by atoms with Gasteiger partial charge in [0.15, 0.2) is 5.82 Å². The van der Waals surface area contributed by atoms with Gasteiger partial charge >= 0.3 is 0 Å². The standard InChI is InChI=1S/C8H7IN4/c9-7-3-4-13(12-7)8-2-1-6(10)5-11-8/h1-5H,10H2. The molecule has 5 heteroatoms. The van der Waals surface area contributed by atoms with Crippen molar-refractivity contribution >= 4 is 28.3 Å². The summed E-state index contributed by atoms with van der Waals surface area (Å²) in [5.74, 6) is 0.775. The van der Waals surface area contributed by atoms with Gasteiger partial charge in [-0.1, -0.05) is 0 Å². The van der Waals surface area contributed by atoms with E-state index in [4.69, 9.17) is 5.73 Å². The smallest absolute Gasteiger partial charge is 0.153 e. The number of rotatable bonds is 1. The second-order valence-electron chi connectivity index (χ2n) is 2.53. The van der Waals surface area contributed by atoms with E-state index in [-0.39, 0.29) is 0 Å². The van der Waals surface area contributed by atoms with Crippen molar-refractivity contribution in [3.05, 3.63) is 34.3 Å². The maximum absolute atomic E-state index is 5.52. The van der Waals surface area contributed by atoms with Gasteiger partial charge in [-0.15, -0.1) is 0 Å². The van der Waals surface area contributed by atoms with E-state index in [1.807, 2.05) is 18.3 Å². The number of nitrogens with zero attached hydrogens (tertiary/aromatic N) is 3. The molecule has 0 spiro atoms. The molecule has 2 rings (SSSR count). The van der Waals surface area contributed by atoms with Crippen LogP contribution < -0.4 is 5.73 Å². The van der Waals surface area contributed by atoms with Crippen molar-refractivity contribution in [2.24, 2.45) is 0 Å². The predicted molar refractivity (Wildman–Crippen MR) is 58.5 cm³/mol. The maximum Gasteiger partial charge on any atom is 0.153 e. The van der Waals surface area contributed by atoms with Crippen LogP contribution in [-0.2, 0) is 0 Å². The summed E-state index contributed by atoms with van der Waals surface area (Å²) in [6.07, 6.45) is 3.48. The Morgan fingerprint density at radius 2 is 2.15 bits per heavy atom. The lowest BCUT2D eigenvalue weighted by Crippen LogP contribution is -1.98. The number of anilines is 1. The van der Waals surface area contributed by atoms with Crippen molar-refractivity contribution in [1.29, 1.82) is 0 Å². The summed E-state index contributed by atoms with van der Waals surface area (Å²) in [6.45, 7) is 0. The molecule has 0 atom stereocenters. The summed E-state index contributed by atoms with van der Waals surface area (Å²) in [5, 5.41) is 4.21. The Bertz CT molecular complexity index is 406. The van der Waals surface area contributed by atoms with E-state index in [1.165, 1.54) is 0 Å². The third-order valence-corrected chi connectivity index (χ3v) is 2.14. The molecule has 2 aromatic heterocycles. The first-order chi connectivity index (χ1) is 6.25. The SMILES string of the molecule is Nc1ccc(-n2ccc(I)n2)nc1. The zero-order valence-corrected chi connectivity index (χ0v) is 8.84. The maximum atomic E-state index is 5.52. The molecule has 4 nitrogen and oxygen atoms in total. The molecule has 2 heterocycles. The predicted octanol–water partition coefficient (Wildman–Crippen LogP) is 1.45. The van der Waals surface area contributed by atoms with Gasteiger partial charge in [-0.2, -0.15) is 5.10 Å². The van der Waals surface area contributed by atoms with Crippen molar-refractivity contribution < 1.29 is 0 Å². The highest BCUT2D eigenvalue weighted by Gasteiger charge is 1.98. The Hall–Kier alpha value is -1.11. The van der Waals surface area contributed by atoms with E-state index in [1.54, 1.807) is 16.9 Å². The highest BCUT2D eigenvalue weighted by Crippen LogP contribution is 2.07. The number of halogens is 1. The van der Waals surface area contributed by atoms with Gasteiger partial charge in [-0.25, -0.2) is 9.67 Å². The van der Waals surface area contributed by atoms with Gasteiger partial charge in [0.2, 0.25) is 0 Å². The Labute approximate surface area is 88.9 Å². The molecule has 0 aromatic carbocycles. The molecule has 0 amide bonds. The average Bonchev–Trinajstić information content (AvgIpc) is 2.53. The van der Waals surface area contributed by atoms with Gasteiger partial charge in [-0.05, 0) is 40.8 Å². The molecule has 2 aromatic rings.